The summed E-state index contributed by atoms with van der Waals surface area (Å²) in [5.74, 6) is 0.914. The molecule has 1 atom stereocenters. The van der Waals surface area contributed by atoms with Gasteiger partial charge in [0, 0.05) is 25.3 Å². The maximum Gasteiger partial charge on any atom is 0.119 e. The highest BCUT2D eigenvalue weighted by Crippen LogP contribution is 2.21. The first-order valence-corrected chi connectivity index (χ1v) is 5.39. The van der Waals surface area contributed by atoms with E-state index in [1.165, 1.54) is 12.1 Å². The Balaban J connectivity index is 2.07. The van der Waals surface area contributed by atoms with E-state index in [0.717, 1.165) is 18.8 Å². The molecule has 0 aliphatic carbocycles. The van der Waals surface area contributed by atoms with Crippen LogP contribution < -0.4 is 15.0 Å². The van der Waals surface area contributed by atoms with Gasteiger partial charge in [-0.1, -0.05) is 0 Å². The van der Waals surface area contributed by atoms with Gasteiger partial charge in [0.05, 0.1) is 7.11 Å². The monoisotopic (exact) mass is 206 g/mol. The highest BCUT2D eigenvalue weighted by molar-refractivity contribution is 5.49. The maximum atomic E-state index is 5.14. The van der Waals surface area contributed by atoms with Gasteiger partial charge in [-0.05, 0) is 37.2 Å². The molecule has 0 saturated carbocycles. The zero-order chi connectivity index (χ0) is 10.7. The third kappa shape index (κ3) is 2.23. The molecule has 0 spiro atoms. The number of likely N-dealkylation sites (N-methyl/N-ethyl adjacent to an activating group) is 1. The van der Waals surface area contributed by atoms with Crippen molar-refractivity contribution >= 4 is 5.69 Å². The maximum absolute atomic E-state index is 5.14. The average Bonchev–Trinajstić information content (AvgIpc) is 2.82. The standard InChI is InChI=1S/C12H18N2O/c1-14(11-7-8-13-9-11)10-3-5-12(15-2)6-4-10/h3-6,11,13H,7-9H2,1-2H3. The first-order chi connectivity index (χ1) is 7.31. The van der Waals surface area contributed by atoms with Crippen molar-refractivity contribution in [2.24, 2.45) is 0 Å². The van der Waals surface area contributed by atoms with Crippen LogP contribution in [0.4, 0.5) is 5.69 Å². The molecule has 15 heavy (non-hydrogen) atoms. The van der Waals surface area contributed by atoms with Gasteiger partial charge in [-0.2, -0.15) is 0 Å². The van der Waals surface area contributed by atoms with Crippen LogP contribution in [-0.2, 0) is 0 Å². The molecule has 0 amide bonds. The summed E-state index contributed by atoms with van der Waals surface area (Å²) in [5.41, 5.74) is 1.25. The molecule has 3 nitrogen and oxygen atoms in total. The van der Waals surface area contributed by atoms with E-state index in [9.17, 15) is 0 Å². The number of nitrogens with zero attached hydrogens (tertiary/aromatic N) is 1. The second kappa shape index (κ2) is 4.53. The van der Waals surface area contributed by atoms with E-state index >= 15 is 0 Å². The Morgan fingerprint density at radius 2 is 2.07 bits per heavy atom. The molecule has 1 aliphatic rings. The molecule has 1 aromatic carbocycles. The fraction of sp³-hybridized carbons (Fsp3) is 0.500. The van der Waals surface area contributed by atoms with Crippen LogP contribution in [0.1, 0.15) is 6.42 Å². The Kier molecular flexibility index (Phi) is 3.11. The van der Waals surface area contributed by atoms with Crippen molar-refractivity contribution in [3.8, 4) is 5.75 Å². The first-order valence-electron chi connectivity index (χ1n) is 5.39. The summed E-state index contributed by atoms with van der Waals surface area (Å²) in [4.78, 5) is 2.33. The third-order valence-electron chi connectivity index (χ3n) is 3.06. The van der Waals surface area contributed by atoms with Gasteiger partial charge >= 0.3 is 0 Å². The zero-order valence-electron chi connectivity index (χ0n) is 9.36. The second-order valence-electron chi connectivity index (χ2n) is 3.96. The fourth-order valence-corrected chi connectivity index (χ4v) is 2.00. The lowest BCUT2D eigenvalue weighted by atomic mass is 10.2. The van der Waals surface area contributed by atoms with Gasteiger partial charge in [0.15, 0.2) is 0 Å². The van der Waals surface area contributed by atoms with Gasteiger partial charge in [0.2, 0.25) is 0 Å². The molecule has 3 heteroatoms. The van der Waals surface area contributed by atoms with Crippen molar-refractivity contribution in [1.29, 1.82) is 0 Å². The van der Waals surface area contributed by atoms with Crippen molar-refractivity contribution in [3.63, 3.8) is 0 Å². The van der Waals surface area contributed by atoms with Crippen LogP contribution in [0, 0.1) is 0 Å². The number of benzene rings is 1. The number of hydrogen-bond acceptors (Lipinski definition) is 3. The minimum atomic E-state index is 0.624. The largest absolute Gasteiger partial charge is 0.497 e. The van der Waals surface area contributed by atoms with E-state index in [1.807, 2.05) is 12.1 Å². The number of nitrogens with one attached hydrogen (secondary N) is 1. The van der Waals surface area contributed by atoms with E-state index in [4.69, 9.17) is 4.74 Å². The van der Waals surface area contributed by atoms with E-state index in [1.54, 1.807) is 7.11 Å². The summed E-state index contributed by atoms with van der Waals surface area (Å²) >= 11 is 0. The van der Waals surface area contributed by atoms with Crippen LogP contribution in [0.5, 0.6) is 5.75 Å². The molecule has 1 heterocycles. The van der Waals surface area contributed by atoms with Crippen molar-refractivity contribution in [2.45, 2.75) is 12.5 Å². The molecular weight excluding hydrogens is 188 g/mol. The van der Waals surface area contributed by atoms with Crippen LogP contribution in [0.15, 0.2) is 24.3 Å². The molecule has 0 aromatic heterocycles. The number of ether oxygens (including phenoxy) is 1. The summed E-state index contributed by atoms with van der Waals surface area (Å²) in [6, 6.07) is 8.86. The lowest BCUT2D eigenvalue weighted by Crippen LogP contribution is -2.33. The molecule has 0 bridgehead atoms. The highest BCUT2D eigenvalue weighted by Gasteiger charge is 2.19. The predicted molar refractivity (Wildman–Crippen MR) is 62.7 cm³/mol. The molecule has 1 unspecified atom stereocenters. The molecule has 2 rings (SSSR count). The zero-order valence-corrected chi connectivity index (χ0v) is 9.36. The Morgan fingerprint density at radius 1 is 1.33 bits per heavy atom. The topological polar surface area (TPSA) is 24.5 Å². The number of rotatable bonds is 3. The van der Waals surface area contributed by atoms with Gasteiger partial charge in [-0.25, -0.2) is 0 Å². The molecule has 1 fully saturated rings. The summed E-state index contributed by atoms with van der Waals surface area (Å²) in [7, 11) is 3.85. The normalized spacial score (nSPS) is 20.3. The van der Waals surface area contributed by atoms with E-state index in [0.29, 0.717) is 6.04 Å². The van der Waals surface area contributed by atoms with Gasteiger partial charge < -0.3 is 15.0 Å². The van der Waals surface area contributed by atoms with Crippen molar-refractivity contribution in [1.82, 2.24) is 5.32 Å². The first kappa shape index (κ1) is 10.3. The fourth-order valence-electron chi connectivity index (χ4n) is 2.00. The van der Waals surface area contributed by atoms with Gasteiger partial charge in [-0.15, -0.1) is 0 Å². The lowest BCUT2D eigenvalue weighted by Gasteiger charge is -2.26. The molecule has 1 aromatic rings. The van der Waals surface area contributed by atoms with Crippen LogP contribution in [0.25, 0.3) is 0 Å². The van der Waals surface area contributed by atoms with Crippen molar-refractivity contribution in [3.05, 3.63) is 24.3 Å². The van der Waals surface area contributed by atoms with Crippen molar-refractivity contribution in [2.75, 3.05) is 32.1 Å². The summed E-state index contributed by atoms with van der Waals surface area (Å²) < 4.78 is 5.14. The highest BCUT2D eigenvalue weighted by atomic mass is 16.5. The van der Waals surface area contributed by atoms with Crippen LogP contribution in [-0.4, -0.2) is 33.3 Å². The van der Waals surface area contributed by atoms with Gasteiger partial charge in [0.25, 0.3) is 0 Å². The molecular formula is C12H18N2O. The second-order valence-corrected chi connectivity index (χ2v) is 3.96. The predicted octanol–water partition coefficient (Wildman–Crippen LogP) is 1.49. The van der Waals surface area contributed by atoms with Crippen LogP contribution >= 0.6 is 0 Å². The molecule has 1 aliphatic heterocycles. The van der Waals surface area contributed by atoms with Crippen LogP contribution in [0.3, 0.4) is 0 Å². The Labute approximate surface area is 91.0 Å². The van der Waals surface area contributed by atoms with Gasteiger partial charge in [-0.3, -0.25) is 0 Å². The lowest BCUT2D eigenvalue weighted by molar-refractivity contribution is 0.415. The van der Waals surface area contributed by atoms with E-state index in [2.05, 4.69) is 29.4 Å². The number of anilines is 1. The Bertz CT molecular complexity index is 304. The summed E-state index contributed by atoms with van der Waals surface area (Å²) in [6.45, 7) is 2.22. The summed E-state index contributed by atoms with van der Waals surface area (Å²) in [6.07, 6.45) is 1.22. The molecule has 1 saturated heterocycles. The van der Waals surface area contributed by atoms with Gasteiger partial charge in [0.1, 0.15) is 5.75 Å². The molecule has 1 N–H and O–H groups in total. The SMILES string of the molecule is COc1ccc(N(C)C2CCNC2)cc1. The number of methoxy groups -OCH3 is 1. The number of hydrogen-bond donors (Lipinski definition) is 1. The van der Waals surface area contributed by atoms with Crippen molar-refractivity contribution < 1.29 is 4.74 Å². The molecule has 0 radical (unpaired) electrons. The third-order valence-corrected chi connectivity index (χ3v) is 3.06. The smallest absolute Gasteiger partial charge is 0.119 e. The minimum Gasteiger partial charge on any atom is -0.497 e. The van der Waals surface area contributed by atoms with Crippen LogP contribution in [0.2, 0.25) is 0 Å². The van der Waals surface area contributed by atoms with E-state index in [-0.39, 0.29) is 0 Å². The quantitative estimate of drug-likeness (QED) is 0.811. The van der Waals surface area contributed by atoms with E-state index < -0.39 is 0 Å². The minimum absolute atomic E-state index is 0.624. The Hall–Kier alpha value is -1.22. The Morgan fingerprint density at radius 3 is 2.60 bits per heavy atom. The summed E-state index contributed by atoms with van der Waals surface area (Å²) in [5, 5.41) is 3.38. The average molecular weight is 206 g/mol. The molecule has 82 valence electrons.